The van der Waals surface area contributed by atoms with Crippen LogP contribution in [0.1, 0.15) is 6.42 Å². The predicted molar refractivity (Wildman–Crippen MR) is 79.3 cm³/mol. The van der Waals surface area contributed by atoms with E-state index in [2.05, 4.69) is 22.7 Å². The van der Waals surface area contributed by atoms with E-state index in [0.29, 0.717) is 5.92 Å². The summed E-state index contributed by atoms with van der Waals surface area (Å²) in [5.74, 6) is 0.765. The summed E-state index contributed by atoms with van der Waals surface area (Å²) in [5, 5.41) is 4.18. The van der Waals surface area contributed by atoms with Gasteiger partial charge in [0.05, 0.1) is 22.4 Å². The Labute approximate surface area is 118 Å². The molecule has 1 aromatic carbocycles. The molecule has 0 amide bonds. The Morgan fingerprint density at radius 2 is 1.85 bits per heavy atom. The van der Waals surface area contributed by atoms with Crippen molar-refractivity contribution in [1.82, 2.24) is 0 Å². The monoisotopic (exact) mass is 288 g/mol. The van der Waals surface area contributed by atoms with Gasteiger partial charge in [-0.1, -0.05) is 30.4 Å². The van der Waals surface area contributed by atoms with Crippen molar-refractivity contribution in [2.45, 2.75) is 11.7 Å². The van der Waals surface area contributed by atoms with E-state index in [4.69, 9.17) is 0 Å². The number of hydrogen-bond donors (Lipinski definition) is 1. The molecule has 1 heterocycles. The van der Waals surface area contributed by atoms with Crippen molar-refractivity contribution < 1.29 is 8.42 Å². The Morgan fingerprint density at radius 1 is 1.10 bits per heavy atom. The lowest BCUT2D eigenvalue weighted by Gasteiger charge is -2.18. The molecule has 3 aliphatic rings. The minimum absolute atomic E-state index is 0.0891. The van der Waals surface area contributed by atoms with Gasteiger partial charge in [-0.25, -0.2) is 8.42 Å². The average Bonchev–Trinajstić information content (AvgIpc) is 3.10. The van der Waals surface area contributed by atoms with Crippen LogP contribution in [0.2, 0.25) is 0 Å². The first-order valence-electron chi connectivity index (χ1n) is 6.92. The highest BCUT2D eigenvalue weighted by Gasteiger charge is 2.57. The molecule has 5 heteroatoms. The number of para-hydroxylation sites is 1. The van der Waals surface area contributed by atoms with Crippen molar-refractivity contribution in [3.63, 3.8) is 0 Å². The Hall–Kier alpha value is -1.62. The van der Waals surface area contributed by atoms with Crippen molar-refractivity contribution in [3.05, 3.63) is 42.5 Å². The van der Waals surface area contributed by atoms with Crippen molar-refractivity contribution >= 4 is 21.2 Å². The zero-order valence-electron chi connectivity index (χ0n) is 10.9. The highest BCUT2D eigenvalue weighted by atomic mass is 32.2. The van der Waals surface area contributed by atoms with Crippen LogP contribution in [0.15, 0.2) is 47.6 Å². The van der Waals surface area contributed by atoms with Crippen LogP contribution >= 0.6 is 0 Å². The van der Waals surface area contributed by atoms with E-state index in [1.165, 1.54) is 0 Å². The third kappa shape index (κ3) is 1.73. The Bertz CT molecular complexity index is 694. The molecule has 1 saturated carbocycles. The van der Waals surface area contributed by atoms with E-state index in [1.54, 1.807) is 0 Å². The SMILES string of the molecule is O=S1(=O)C/C(=N/Nc2ccccc2)[C@@H]2[C@H]1[C@H]1C=C[C@H]2C1. The molecule has 2 fully saturated rings. The number of sulfone groups is 1. The fourth-order valence-corrected chi connectivity index (χ4v) is 6.26. The first kappa shape index (κ1) is 12.1. The molecule has 1 saturated heterocycles. The molecule has 2 bridgehead atoms. The molecule has 1 aliphatic heterocycles. The van der Waals surface area contributed by atoms with Crippen LogP contribution in [-0.2, 0) is 9.84 Å². The maximum atomic E-state index is 12.3. The molecule has 0 unspecified atom stereocenters. The molecule has 0 spiro atoms. The molecule has 0 radical (unpaired) electrons. The van der Waals surface area contributed by atoms with E-state index in [0.717, 1.165) is 17.8 Å². The van der Waals surface area contributed by atoms with Crippen molar-refractivity contribution in [1.29, 1.82) is 0 Å². The number of nitrogens with zero attached hydrogens (tertiary/aromatic N) is 1. The predicted octanol–water partition coefficient (Wildman–Crippen LogP) is 2.07. The largest absolute Gasteiger partial charge is 0.279 e. The van der Waals surface area contributed by atoms with Crippen LogP contribution in [0.3, 0.4) is 0 Å². The summed E-state index contributed by atoms with van der Waals surface area (Å²) < 4.78 is 24.6. The highest BCUT2D eigenvalue weighted by molar-refractivity contribution is 7.93. The van der Waals surface area contributed by atoms with E-state index in [1.807, 2.05) is 30.3 Å². The van der Waals surface area contributed by atoms with Gasteiger partial charge in [0.25, 0.3) is 0 Å². The van der Waals surface area contributed by atoms with Crippen LogP contribution in [0, 0.1) is 17.8 Å². The van der Waals surface area contributed by atoms with Crippen molar-refractivity contribution in [2.75, 3.05) is 11.2 Å². The minimum Gasteiger partial charge on any atom is -0.279 e. The van der Waals surface area contributed by atoms with Gasteiger partial charge in [-0.15, -0.1) is 0 Å². The van der Waals surface area contributed by atoms with Gasteiger partial charge in [-0.05, 0) is 30.4 Å². The molecule has 2 aliphatic carbocycles. The van der Waals surface area contributed by atoms with E-state index < -0.39 is 9.84 Å². The molecule has 1 N–H and O–H groups in total. The van der Waals surface area contributed by atoms with Crippen LogP contribution in [-0.4, -0.2) is 25.1 Å². The van der Waals surface area contributed by atoms with Gasteiger partial charge in [0.1, 0.15) is 0 Å². The van der Waals surface area contributed by atoms with Gasteiger partial charge >= 0.3 is 0 Å². The molecular formula is C15H16N2O2S. The second-order valence-electron chi connectivity index (χ2n) is 5.83. The summed E-state index contributed by atoms with van der Waals surface area (Å²) in [6, 6.07) is 9.64. The van der Waals surface area contributed by atoms with Crippen LogP contribution in [0.4, 0.5) is 5.69 Å². The zero-order chi connectivity index (χ0) is 13.7. The normalized spacial score (nSPS) is 38.3. The van der Waals surface area contributed by atoms with Crippen molar-refractivity contribution in [2.24, 2.45) is 22.9 Å². The smallest absolute Gasteiger partial charge is 0.159 e. The summed E-state index contributed by atoms with van der Waals surface area (Å²) in [4.78, 5) is 0. The zero-order valence-corrected chi connectivity index (χ0v) is 11.8. The maximum Gasteiger partial charge on any atom is 0.159 e. The first-order chi connectivity index (χ1) is 9.65. The molecule has 20 heavy (non-hydrogen) atoms. The molecule has 0 aromatic heterocycles. The number of rotatable bonds is 2. The lowest BCUT2D eigenvalue weighted by atomic mass is 9.90. The van der Waals surface area contributed by atoms with E-state index in [9.17, 15) is 8.42 Å². The number of hydrazone groups is 1. The maximum absolute atomic E-state index is 12.3. The fourth-order valence-electron chi connectivity index (χ4n) is 3.86. The summed E-state index contributed by atoms with van der Waals surface area (Å²) in [6.45, 7) is 0. The molecular weight excluding hydrogens is 272 g/mol. The standard InChI is InChI=1S/C15H16N2O2S/c18-20(19)9-13(17-16-12-4-2-1-3-5-12)14-10-6-7-11(8-10)15(14)20/h1-7,10-11,14-16H,8-9H2/b17-13-/t10-,11-,14+,15+/m0/s1. The lowest BCUT2D eigenvalue weighted by Crippen LogP contribution is -2.28. The molecule has 4 rings (SSSR count). The summed E-state index contributed by atoms with van der Waals surface area (Å²) in [7, 11) is -3.03. The second kappa shape index (κ2) is 4.19. The van der Waals surface area contributed by atoms with Crippen molar-refractivity contribution in [3.8, 4) is 0 Å². The van der Waals surface area contributed by atoms with Gasteiger partial charge < -0.3 is 0 Å². The minimum atomic E-state index is -3.03. The van der Waals surface area contributed by atoms with Crippen LogP contribution in [0.5, 0.6) is 0 Å². The number of allylic oxidation sites excluding steroid dienone is 2. The fraction of sp³-hybridized carbons (Fsp3) is 0.400. The molecule has 1 aromatic rings. The van der Waals surface area contributed by atoms with Gasteiger partial charge in [0, 0.05) is 5.92 Å². The molecule has 4 nitrogen and oxygen atoms in total. The topological polar surface area (TPSA) is 58.5 Å². The van der Waals surface area contributed by atoms with E-state index >= 15 is 0 Å². The van der Waals surface area contributed by atoms with Crippen LogP contribution in [0.25, 0.3) is 0 Å². The third-order valence-electron chi connectivity index (χ3n) is 4.64. The van der Waals surface area contributed by atoms with Gasteiger partial charge in [0.15, 0.2) is 9.84 Å². The quantitative estimate of drug-likeness (QED) is 0.669. The van der Waals surface area contributed by atoms with E-state index in [-0.39, 0.29) is 22.8 Å². The number of fused-ring (bicyclic) bond motifs is 5. The Balaban J connectivity index is 1.65. The molecule has 104 valence electrons. The second-order valence-corrected chi connectivity index (χ2v) is 7.99. The number of benzene rings is 1. The summed E-state index contributed by atoms with van der Waals surface area (Å²) in [6.07, 6.45) is 5.22. The van der Waals surface area contributed by atoms with Crippen LogP contribution < -0.4 is 5.43 Å². The summed E-state index contributed by atoms with van der Waals surface area (Å²) >= 11 is 0. The lowest BCUT2D eigenvalue weighted by molar-refractivity contribution is 0.551. The highest BCUT2D eigenvalue weighted by Crippen LogP contribution is 2.51. The van der Waals surface area contributed by atoms with Gasteiger partial charge in [-0.2, -0.15) is 5.10 Å². The number of nitrogens with one attached hydrogen (secondary N) is 1. The third-order valence-corrected chi connectivity index (χ3v) is 6.81. The van der Waals surface area contributed by atoms with Gasteiger partial charge in [0.2, 0.25) is 0 Å². The first-order valence-corrected chi connectivity index (χ1v) is 8.64. The Kier molecular flexibility index (Phi) is 2.54. The Morgan fingerprint density at radius 3 is 2.65 bits per heavy atom. The summed E-state index contributed by atoms with van der Waals surface area (Å²) in [5.41, 5.74) is 4.69. The average molecular weight is 288 g/mol. The van der Waals surface area contributed by atoms with Gasteiger partial charge in [-0.3, -0.25) is 5.43 Å². The number of anilines is 1. The number of hydrogen-bond acceptors (Lipinski definition) is 4. The molecule has 4 atom stereocenters.